The molecule has 0 bridgehead atoms. The Hall–Kier alpha value is -4.01. The van der Waals surface area contributed by atoms with Gasteiger partial charge in [0.05, 0.1) is 23.6 Å². The van der Waals surface area contributed by atoms with Gasteiger partial charge in [0, 0.05) is 25.3 Å². The molecule has 0 unspecified atom stereocenters. The molecule has 3 aromatic rings. The number of H-pyrrole nitrogens is 1. The maximum absolute atomic E-state index is 14.4. The van der Waals surface area contributed by atoms with Crippen LogP contribution >= 0.6 is 0 Å². The van der Waals surface area contributed by atoms with E-state index in [4.69, 9.17) is 10.5 Å². The minimum atomic E-state index is -0.597. The lowest BCUT2D eigenvalue weighted by Gasteiger charge is -2.32. The van der Waals surface area contributed by atoms with Crippen LogP contribution in [-0.2, 0) is 13.1 Å². The Morgan fingerprint density at radius 2 is 1.98 bits per heavy atom. The first-order valence-corrected chi connectivity index (χ1v) is 13.3. The number of likely N-dealkylation sites (tertiary alicyclic amines) is 1. The molecule has 1 aliphatic heterocycles. The first kappa shape index (κ1) is 29.0. The normalized spacial score (nSPS) is 14.3. The van der Waals surface area contributed by atoms with Crippen LogP contribution in [0.5, 0.6) is 5.88 Å². The average molecular weight is 552 g/mol. The highest BCUT2D eigenvalue weighted by atomic mass is 19.1. The van der Waals surface area contributed by atoms with Crippen molar-refractivity contribution in [3.8, 4) is 23.2 Å². The number of nitriles is 1. The average Bonchev–Trinajstić information content (AvgIpc) is 3.28. The minimum absolute atomic E-state index is 0.0462. The number of benzene rings is 1. The first-order chi connectivity index (χ1) is 19.2. The summed E-state index contributed by atoms with van der Waals surface area (Å²) in [5, 5.41) is 12.2. The van der Waals surface area contributed by atoms with Crippen LogP contribution in [0, 0.1) is 28.9 Å². The molecule has 1 aliphatic rings. The van der Waals surface area contributed by atoms with Gasteiger partial charge in [-0.25, -0.2) is 13.8 Å². The topological polar surface area (TPSA) is 123 Å². The highest BCUT2D eigenvalue weighted by molar-refractivity contribution is 5.93. The number of nitrogens with one attached hydrogen (secondary N) is 2. The zero-order valence-electron chi connectivity index (χ0n) is 23.1. The zero-order valence-corrected chi connectivity index (χ0v) is 23.1. The molecule has 4 N–H and O–H groups in total. The highest BCUT2D eigenvalue weighted by Gasteiger charge is 2.24. The summed E-state index contributed by atoms with van der Waals surface area (Å²) in [5.41, 5.74) is 8.64. The Kier molecular flexibility index (Phi) is 9.34. The molecule has 0 aliphatic carbocycles. The number of piperidine rings is 1. The van der Waals surface area contributed by atoms with Crippen molar-refractivity contribution in [1.82, 2.24) is 25.1 Å². The SMILES string of the molecule is CCOc1nc(C(=O)NCC2CCN(Cc3cc(-c4c(F)cccc4F)[nH]c3CN(C)C)CC2)cc(N)c1C#N. The second kappa shape index (κ2) is 12.9. The van der Waals surface area contributed by atoms with Crippen LogP contribution < -0.4 is 15.8 Å². The number of hydrogen-bond donors (Lipinski definition) is 3. The Bertz CT molecular complexity index is 1370. The molecule has 9 nitrogen and oxygen atoms in total. The maximum atomic E-state index is 14.4. The Morgan fingerprint density at radius 1 is 1.27 bits per heavy atom. The molecule has 1 aromatic carbocycles. The van der Waals surface area contributed by atoms with Crippen molar-refractivity contribution < 1.29 is 18.3 Å². The van der Waals surface area contributed by atoms with Gasteiger partial charge in [-0.2, -0.15) is 5.26 Å². The predicted octanol–water partition coefficient (Wildman–Crippen LogP) is 3.91. The number of carbonyl (C=O) groups is 1. The van der Waals surface area contributed by atoms with Gasteiger partial charge in [-0.1, -0.05) is 6.07 Å². The summed E-state index contributed by atoms with van der Waals surface area (Å²) in [7, 11) is 3.90. The molecule has 0 saturated carbocycles. The largest absolute Gasteiger partial charge is 0.477 e. The van der Waals surface area contributed by atoms with Gasteiger partial charge in [0.25, 0.3) is 5.91 Å². The molecule has 1 saturated heterocycles. The monoisotopic (exact) mass is 551 g/mol. The van der Waals surface area contributed by atoms with E-state index in [9.17, 15) is 18.8 Å². The van der Waals surface area contributed by atoms with Crippen molar-refractivity contribution in [3.63, 3.8) is 0 Å². The van der Waals surface area contributed by atoms with E-state index in [2.05, 4.69) is 20.2 Å². The number of aromatic amines is 1. The second-order valence-corrected chi connectivity index (χ2v) is 10.3. The third kappa shape index (κ3) is 6.76. The lowest BCUT2D eigenvalue weighted by molar-refractivity contribution is 0.0929. The number of pyridine rings is 1. The van der Waals surface area contributed by atoms with Gasteiger partial charge in [-0.05, 0) is 82.7 Å². The van der Waals surface area contributed by atoms with Crippen molar-refractivity contribution in [2.24, 2.45) is 5.92 Å². The molecular formula is C29H35F2N7O2. The molecule has 0 spiro atoms. The third-order valence-electron chi connectivity index (χ3n) is 6.99. The van der Waals surface area contributed by atoms with Crippen LogP contribution in [-0.4, -0.2) is 66.0 Å². The van der Waals surface area contributed by atoms with Gasteiger partial charge in [-0.3, -0.25) is 9.69 Å². The number of nitrogen functional groups attached to an aromatic ring is 1. The molecule has 0 radical (unpaired) electrons. The number of aromatic nitrogens is 2. The van der Waals surface area contributed by atoms with E-state index in [1.165, 1.54) is 24.3 Å². The summed E-state index contributed by atoms with van der Waals surface area (Å²) >= 11 is 0. The van der Waals surface area contributed by atoms with Crippen molar-refractivity contribution in [3.05, 3.63) is 64.5 Å². The number of carbonyl (C=O) groups excluding carboxylic acids is 1. The highest BCUT2D eigenvalue weighted by Crippen LogP contribution is 2.29. The fourth-order valence-corrected chi connectivity index (χ4v) is 4.96. The van der Waals surface area contributed by atoms with Gasteiger partial charge in [0.15, 0.2) is 0 Å². The van der Waals surface area contributed by atoms with E-state index in [0.717, 1.165) is 37.2 Å². The van der Waals surface area contributed by atoms with Crippen LogP contribution in [0.1, 0.15) is 47.1 Å². The van der Waals surface area contributed by atoms with Gasteiger partial charge in [0.2, 0.25) is 5.88 Å². The number of anilines is 1. The first-order valence-electron chi connectivity index (χ1n) is 13.3. The maximum Gasteiger partial charge on any atom is 0.270 e. The molecule has 2 aromatic heterocycles. The van der Waals surface area contributed by atoms with Gasteiger partial charge in [-0.15, -0.1) is 0 Å². The molecule has 212 valence electrons. The van der Waals surface area contributed by atoms with E-state index in [0.29, 0.717) is 31.9 Å². The molecule has 4 rings (SSSR count). The van der Waals surface area contributed by atoms with Crippen molar-refractivity contribution in [1.29, 1.82) is 5.26 Å². The van der Waals surface area contributed by atoms with Crippen LogP contribution in [0.4, 0.5) is 14.5 Å². The standard InChI is InChI=1S/C29H35F2N7O2/c1-4-40-29-20(14-32)23(33)13-25(36-29)28(39)34-15-18-8-10-38(11-9-18)16-19-12-24(35-26(19)17-37(2)3)27-21(30)6-5-7-22(27)31/h5-7,12-13,18,35H,4,8-11,15-17H2,1-3H3,(H2,33,36)(H,34,39). The summed E-state index contributed by atoms with van der Waals surface area (Å²) in [6, 6.07) is 9.08. The Labute approximate surface area is 232 Å². The molecule has 1 fully saturated rings. The lowest BCUT2D eigenvalue weighted by Crippen LogP contribution is -2.38. The fraction of sp³-hybridized carbons (Fsp3) is 0.414. The predicted molar refractivity (Wildman–Crippen MR) is 148 cm³/mol. The lowest BCUT2D eigenvalue weighted by atomic mass is 9.96. The van der Waals surface area contributed by atoms with Gasteiger partial charge < -0.3 is 25.7 Å². The van der Waals surface area contributed by atoms with Crippen LogP contribution in [0.15, 0.2) is 30.3 Å². The Morgan fingerprint density at radius 3 is 2.60 bits per heavy atom. The molecule has 0 atom stereocenters. The summed E-state index contributed by atoms with van der Waals surface area (Å²) < 4.78 is 34.3. The third-order valence-corrected chi connectivity index (χ3v) is 6.99. The van der Waals surface area contributed by atoms with Gasteiger partial charge in [0.1, 0.15) is 29.0 Å². The molecule has 11 heteroatoms. The van der Waals surface area contributed by atoms with Crippen LogP contribution in [0.25, 0.3) is 11.3 Å². The molecule has 1 amide bonds. The summed E-state index contributed by atoms with van der Waals surface area (Å²) in [6.45, 7) is 5.48. The Balaban J connectivity index is 1.36. The minimum Gasteiger partial charge on any atom is -0.477 e. The fourth-order valence-electron chi connectivity index (χ4n) is 4.96. The smallest absolute Gasteiger partial charge is 0.270 e. The van der Waals surface area contributed by atoms with Crippen LogP contribution in [0.3, 0.4) is 0 Å². The summed E-state index contributed by atoms with van der Waals surface area (Å²) in [6.07, 6.45) is 1.77. The van der Waals surface area contributed by atoms with E-state index < -0.39 is 11.6 Å². The number of hydrogen-bond acceptors (Lipinski definition) is 7. The second-order valence-electron chi connectivity index (χ2n) is 10.3. The quantitative estimate of drug-likeness (QED) is 0.349. The number of rotatable bonds is 10. The zero-order chi connectivity index (χ0) is 28.8. The molecule has 3 heterocycles. The molecule has 40 heavy (non-hydrogen) atoms. The number of amides is 1. The van der Waals surface area contributed by atoms with Crippen molar-refractivity contribution >= 4 is 11.6 Å². The number of nitrogens with two attached hydrogens (primary N) is 1. The van der Waals surface area contributed by atoms with Gasteiger partial charge >= 0.3 is 0 Å². The van der Waals surface area contributed by atoms with Crippen LogP contribution in [0.2, 0.25) is 0 Å². The number of nitrogens with zero attached hydrogens (tertiary/aromatic N) is 4. The molecular weight excluding hydrogens is 516 g/mol. The van der Waals surface area contributed by atoms with Crippen molar-refractivity contribution in [2.75, 3.05) is 46.1 Å². The summed E-state index contributed by atoms with van der Waals surface area (Å²) in [4.78, 5) is 24.5. The van der Waals surface area contributed by atoms with E-state index in [1.807, 2.05) is 31.1 Å². The van der Waals surface area contributed by atoms with E-state index in [-0.39, 0.29) is 40.2 Å². The summed E-state index contributed by atoms with van der Waals surface area (Å²) in [5.74, 6) is -1.21. The van der Waals surface area contributed by atoms with E-state index in [1.54, 1.807) is 6.92 Å². The van der Waals surface area contributed by atoms with Crippen molar-refractivity contribution in [2.45, 2.75) is 32.9 Å². The number of ether oxygens (including phenoxy) is 1. The number of halogens is 2. The van der Waals surface area contributed by atoms with E-state index >= 15 is 0 Å².